The summed E-state index contributed by atoms with van der Waals surface area (Å²) in [6.07, 6.45) is 3.40. The van der Waals surface area contributed by atoms with E-state index in [2.05, 4.69) is 18.2 Å². The second kappa shape index (κ2) is 10.1. The minimum Gasteiger partial charge on any atom is -0.520 e. The topological polar surface area (TPSA) is 60.5 Å². The van der Waals surface area contributed by atoms with Crippen LogP contribution in [0, 0.1) is 53.7 Å². The van der Waals surface area contributed by atoms with Gasteiger partial charge in [0, 0.05) is 55.9 Å². The van der Waals surface area contributed by atoms with Crippen LogP contribution in [0.25, 0.3) is 0 Å². The van der Waals surface area contributed by atoms with Gasteiger partial charge in [-0.25, -0.2) is 0 Å². The molecule has 0 N–H and O–H groups in total. The number of benzene rings is 3. The summed E-state index contributed by atoms with van der Waals surface area (Å²) in [4.78, 5) is 6.93. The maximum absolute atomic E-state index is 14.7. The molecule has 0 unspecified atom stereocenters. The van der Waals surface area contributed by atoms with Gasteiger partial charge in [0.05, 0.1) is 23.3 Å². The first-order valence-electron chi connectivity index (χ1n) is 10.5. The molecule has 0 amide bonds. The van der Waals surface area contributed by atoms with Gasteiger partial charge in [-0.15, -0.1) is 12.7 Å². The molecule has 0 aromatic heterocycles. The zero-order valence-corrected chi connectivity index (χ0v) is 20.8. The van der Waals surface area contributed by atoms with Crippen molar-refractivity contribution in [3.05, 3.63) is 109 Å². The van der Waals surface area contributed by atoms with Crippen LogP contribution in [0.3, 0.4) is 0 Å². The van der Waals surface area contributed by atoms with Crippen molar-refractivity contribution in [2.75, 3.05) is 32.7 Å². The van der Waals surface area contributed by atoms with Gasteiger partial charge in [-0.2, -0.15) is 17.2 Å². The summed E-state index contributed by atoms with van der Waals surface area (Å²) >= 11 is 0. The van der Waals surface area contributed by atoms with E-state index in [-0.39, 0.29) is 31.2 Å². The van der Waals surface area contributed by atoms with Gasteiger partial charge in [-0.3, -0.25) is 8.78 Å². The third-order valence-electron chi connectivity index (χ3n) is 5.61. The molecule has 0 radical (unpaired) electrons. The molecule has 6 nitrogen and oxygen atoms in total. The Kier molecular flexibility index (Phi) is 7.01. The number of rotatable bonds is 4. The molecular formula is C26H17F2N6Os-3. The summed E-state index contributed by atoms with van der Waals surface area (Å²) < 4.78 is 29.5. The smallest absolute Gasteiger partial charge is 0.0991 e. The summed E-state index contributed by atoms with van der Waals surface area (Å²) in [7, 11) is 0. The molecule has 0 atom stereocenters. The van der Waals surface area contributed by atoms with E-state index in [9.17, 15) is 8.78 Å². The fourth-order valence-electron chi connectivity index (χ4n) is 3.82. The SMILES string of the molecule is N#Cc1ccc(N2C=CN(c3[c-]c(N4[CH-]N(c5ccc(C#N)cc5)CC4)c(F)cc3F)[CH-]2)cc1.[Os]. The van der Waals surface area contributed by atoms with Crippen molar-refractivity contribution in [2.24, 2.45) is 0 Å². The number of halogens is 2. The zero-order valence-electron chi connectivity index (χ0n) is 18.2. The zero-order chi connectivity index (χ0) is 23.7. The quantitative estimate of drug-likeness (QED) is 0.379. The van der Waals surface area contributed by atoms with E-state index in [1.807, 2.05) is 17.0 Å². The molecule has 5 rings (SSSR count). The summed E-state index contributed by atoms with van der Waals surface area (Å²) in [6, 6.07) is 22.0. The van der Waals surface area contributed by atoms with Crippen LogP contribution in [0.15, 0.2) is 67.0 Å². The first-order chi connectivity index (χ1) is 16.6. The summed E-state index contributed by atoms with van der Waals surface area (Å²) in [5.41, 5.74) is 3.01. The van der Waals surface area contributed by atoms with Crippen LogP contribution >= 0.6 is 0 Å². The van der Waals surface area contributed by atoms with E-state index in [0.29, 0.717) is 24.2 Å². The third-order valence-corrected chi connectivity index (χ3v) is 5.61. The van der Waals surface area contributed by atoms with Gasteiger partial charge in [-0.05, 0) is 60.9 Å². The second-order valence-electron chi connectivity index (χ2n) is 7.71. The molecule has 35 heavy (non-hydrogen) atoms. The molecule has 1 fully saturated rings. The third kappa shape index (κ3) is 4.83. The molecule has 0 aliphatic carbocycles. The maximum Gasteiger partial charge on any atom is 0.0991 e. The van der Waals surface area contributed by atoms with Crippen LogP contribution in [0.1, 0.15) is 11.1 Å². The van der Waals surface area contributed by atoms with Gasteiger partial charge >= 0.3 is 0 Å². The van der Waals surface area contributed by atoms with E-state index in [0.717, 1.165) is 17.4 Å². The van der Waals surface area contributed by atoms with Crippen LogP contribution < -0.4 is 19.6 Å². The fourth-order valence-corrected chi connectivity index (χ4v) is 3.82. The standard InChI is InChI=1S/C26H17F2N6.Os/c27-23-13-24(28)26(34-12-10-32(18-34)22-7-3-20(16-30)4-8-22)14-25(23)33-11-9-31(17-33)21-5-1-19(15-29)2-6-21;/h1-9,11,13,17-18H,10,12H2;/q-3;. The van der Waals surface area contributed by atoms with E-state index >= 15 is 0 Å². The Morgan fingerprint density at radius 2 is 1.26 bits per heavy atom. The van der Waals surface area contributed by atoms with Gasteiger partial charge < -0.3 is 19.6 Å². The first kappa shape index (κ1) is 24.2. The van der Waals surface area contributed by atoms with Crippen molar-refractivity contribution in [3.63, 3.8) is 0 Å². The minimum absolute atomic E-state index is 0. The van der Waals surface area contributed by atoms with E-state index in [1.54, 1.807) is 71.9 Å². The molecule has 2 aliphatic rings. The van der Waals surface area contributed by atoms with Gasteiger partial charge in [0.1, 0.15) is 0 Å². The molecule has 0 spiro atoms. The molecule has 2 aliphatic heterocycles. The average molecular weight is 642 g/mol. The van der Waals surface area contributed by atoms with Crippen LogP contribution in [-0.4, -0.2) is 13.1 Å². The first-order valence-corrected chi connectivity index (χ1v) is 10.5. The summed E-state index contributed by atoms with van der Waals surface area (Å²) in [5, 5.41) is 17.9. The number of hydrogen-bond acceptors (Lipinski definition) is 6. The Balaban J connectivity index is 0.00000289. The number of nitrogens with zero attached hydrogens (tertiary/aromatic N) is 6. The van der Waals surface area contributed by atoms with E-state index < -0.39 is 11.6 Å². The van der Waals surface area contributed by atoms with Crippen molar-refractivity contribution in [2.45, 2.75) is 0 Å². The van der Waals surface area contributed by atoms with Crippen molar-refractivity contribution in [1.82, 2.24) is 0 Å². The monoisotopic (exact) mass is 643 g/mol. The summed E-state index contributed by atoms with van der Waals surface area (Å²) in [6.45, 7) is 4.52. The van der Waals surface area contributed by atoms with E-state index in [1.165, 1.54) is 4.90 Å². The van der Waals surface area contributed by atoms with Crippen LogP contribution in [0.4, 0.5) is 31.5 Å². The Morgan fingerprint density at radius 1 is 0.714 bits per heavy atom. The van der Waals surface area contributed by atoms with E-state index in [4.69, 9.17) is 10.5 Å². The largest absolute Gasteiger partial charge is 0.520 e. The number of anilines is 4. The Bertz CT molecular complexity index is 1330. The predicted octanol–water partition coefficient (Wildman–Crippen LogP) is 4.87. The Hall–Kier alpha value is -3.92. The summed E-state index contributed by atoms with van der Waals surface area (Å²) in [5.74, 6) is -1.43. The molecule has 0 saturated carbocycles. The molecule has 9 heteroatoms. The molecule has 1 saturated heterocycles. The van der Waals surface area contributed by atoms with Crippen molar-refractivity contribution < 1.29 is 28.6 Å². The molecule has 3 aromatic rings. The maximum atomic E-state index is 14.7. The number of nitriles is 2. The Labute approximate surface area is 215 Å². The molecular weight excluding hydrogens is 625 g/mol. The normalized spacial score (nSPS) is 14.6. The van der Waals surface area contributed by atoms with Gasteiger partial charge in [-0.1, -0.05) is 17.4 Å². The second-order valence-corrected chi connectivity index (χ2v) is 7.71. The van der Waals surface area contributed by atoms with Crippen LogP contribution in [0.2, 0.25) is 0 Å². The van der Waals surface area contributed by atoms with Gasteiger partial charge in [0.2, 0.25) is 0 Å². The average Bonchev–Trinajstić information content (AvgIpc) is 3.55. The van der Waals surface area contributed by atoms with Crippen LogP contribution in [-0.2, 0) is 19.8 Å². The fraction of sp³-hybridized carbons (Fsp3) is 0.0769. The molecule has 0 bridgehead atoms. The van der Waals surface area contributed by atoms with Crippen LogP contribution in [0.5, 0.6) is 0 Å². The van der Waals surface area contributed by atoms with Gasteiger partial charge in [0.15, 0.2) is 0 Å². The van der Waals surface area contributed by atoms with Crippen molar-refractivity contribution in [3.8, 4) is 12.1 Å². The molecule has 3 aromatic carbocycles. The minimum atomic E-state index is -0.730. The predicted molar refractivity (Wildman–Crippen MR) is 125 cm³/mol. The number of hydrogen-bond donors (Lipinski definition) is 0. The van der Waals surface area contributed by atoms with Crippen molar-refractivity contribution in [1.29, 1.82) is 10.5 Å². The van der Waals surface area contributed by atoms with Crippen molar-refractivity contribution >= 4 is 22.7 Å². The molecule has 176 valence electrons. The Morgan fingerprint density at radius 3 is 1.89 bits per heavy atom. The van der Waals surface area contributed by atoms with Gasteiger partial charge in [0.25, 0.3) is 0 Å². The molecule has 2 heterocycles.